The van der Waals surface area contributed by atoms with Crippen LogP contribution in [-0.4, -0.2) is 33.0 Å². The highest BCUT2D eigenvalue weighted by Gasteiger charge is 2.46. The van der Waals surface area contributed by atoms with Crippen LogP contribution in [0.1, 0.15) is 29.7 Å². The standard InChI is InChI=1S/C20H19F3N6OS/c1-11-9-16(20(21,22)23)29-17(25-11)14(10-24-29)18(30)27-28-19(31)26-15-8-4-6-12-5-2-3-7-13(12)15/h2-8,10-11,16,25H,9H2,1H3,(H,27,30)(H2,26,28,31)/t11-,16-/m1/s1. The number of alkyl halides is 3. The Balaban J connectivity index is 1.45. The number of fused-ring (bicyclic) bond motifs is 2. The molecule has 31 heavy (non-hydrogen) atoms. The molecule has 0 bridgehead atoms. The number of nitrogens with zero attached hydrogens (tertiary/aromatic N) is 2. The normalized spacial score (nSPS) is 18.1. The van der Waals surface area contributed by atoms with E-state index < -0.39 is 24.2 Å². The highest BCUT2D eigenvalue weighted by atomic mass is 32.1. The predicted molar refractivity (Wildman–Crippen MR) is 116 cm³/mol. The van der Waals surface area contributed by atoms with Gasteiger partial charge in [-0.3, -0.25) is 15.6 Å². The quantitative estimate of drug-likeness (QED) is 0.351. The van der Waals surface area contributed by atoms with Crippen LogP contribution in [0.25, 0.3) is 10.8 Å². The van der Waals surface area contributed by atoms with E-state index >= 15 is 0 Å². The third kappa shape index (κ3) is 4.26. The van der Waals surface area contributed by atoms with Crippen LogP contribution in [0.4, 0.5) is 24.7 Å². The van der Waals surface area contributed by atoms with Gasteiger partial charge in [-0.1, -0.05) is 36.4 Å². The van der Waals surface area contributed by atoms with Crippen LogP contribution < -0.4 is 21.5 Å². The Morgan fingerprint density at radius 3 is 2.71 bits per heavy atom. The lowest BCUT2D eigenvalue weighted by molar-refractivity contribution is -0.173. The lowest BCUT2D eigenvalue weighted by Crippen LogP contribution is -2.44. The van der Waals surface area contributed by atoms with Gasteiger partial charge >= 0.3 is 6.18 Å². The minimum absolute atomic E-state index is 0.0127. The molecule has 2 aromatic carbocycles. The molecule has 1 aliphatic heterocycles. The van der Waals surface area contributed by atoms with Crippen LogP contribution in [0.2, 0.25) is 0 Å². The topological polar surface area (TPSA) is 83.0 Å². The van der Waals surface area contributed by atoms with Gasteiger partial charge in [-0.25, -0.2) is 4.68 Å². The van der Waals surface area contributed by atoms with Crippen LogP contribution in [0.5, 0.6) is 0 Å². The van der Waals surface area contributed by atoms with E-state index in [1.165, 1.54) is 0 Å². The third-order valence-corrected chi connectivity index (χ3v) is 5.20. The summed E-state index contributed by atoms with van der Waals surface area (Å²) in [6.07, 6.45) is -3.53. The van der Waals surface area contributed by atoms with Crippen molar-refractivity contribution in [1.29, 1.82) is 0 Å². The summed E-state index contributed by atoms with van der Waals surface area (Å²) in [5, 5.41) is 11.8. The molecular weight excluding hydrogens is 429 g/mol. The van der Waals surface area contributed by atoms with Crippen molar-refractivity contribution < 1.29 is 18.0 Å². The zero-order valence-electron chi connectivity index (χ0n) is 16.3. The number of aromatic nitrogens is 2. The molecule has 4 N–H and O–H groups in total. The van der Waals surface area contributed by atoms with Gasteiger partial charge in [0.1, 0.15) is 11.4 Å². The number of hydrogen-bond acceptors (Lipinski definition) is 4. The highest BCUT2D eigenvalue weighted by Crippen LogP contribution is 2.40. The molecule has 0 aliphatic carbocycles. The van der Waals surface area contributed by atoms with Gasteiger partial charge in [0.25, 0.3) is 5.91 Å². The van der Waals surface area contributed by atoms with Crippen molar-refractivity contribution in [3.05, 3.63) is 54.2 Å². The van der Waals surface area contributed by atoms with E-state index in [2.05, 4.69) is 26.6 Å². The maximum Gasteiger partial charge on any atom is 0.410 e. The smallest absolute Gasteiger partial charge is 0.367 e. The fraction of sp³-hybridized carbons (Fsp3) is 0.250. The molecule has 4 rings (SSSR count). The molecule has 3 aromatic rings. The van der Waals surface area contributed by atoms with Gasteiger partial charge in [0.05, 0.1) is 6.20 Å². The maximum absolute atomic E-state index is 13.3. The van der Waals surface area contributed by atoms with Gasteiger partial charge in [-0.05, 0) is 37.0 Å². The SMILES string of the molecule is C[C@@H]1C[C@H](C(F)(F)F)n2ncc(C(=O)NNC(=S)Nc3cccc4ccccc34)c2N1. The molecule has 11 heteroatoms. The minimum Gasteiger partial charge on any atom is -0.367 e. The zero-order valence-corrected chi connectivity index (χ0v) is 17.1. The Kier molecular flexibility index (Phi) is 5.44. The van der Waals surface area contributed by atoms with Crippen LogP contribution >= 0.6 is 12.2 Å². The fourth-order valence-electron chi connectivity index (χ4n) is 3.58. The van der Waals surface area contributed by atoms with Gasteiger partial charge in [0.15, 0.2) is 11.2 Å². The Bertz CT molecular complexity index is 1140. The molecule has 0 radical (unpaired) electrons. The molecule has 1 aliphatic rings. The zero-order chi connectivity index (χ0) is 22.2. The lowest BCUT2D eigenvalue weighted by Gasteiger charge is -2.31. The predicted octanol–water partition coefficient (Wildman–Crippen LogP) is 3.98. The number of hydrazine groups is 1. The molecule has 7 nitrogen and oxygen atoms in total. The number of carbonyl (C=O) groups is 1. The molecule has 162 valence electrons. The second-order valence-corrected chi connectivity index (χ2v) is 7.66. The van der Waals surface area contributed by atoms with Crippen molar-refractivity contribution in [2.24, 2.45) is 0 Å². The summed E-state index contributed by atoms with van der Waals surface area (Å²) in [5.41, 5.74) is 5.72. The van der Waals surface area contributed by atoms with Gasteiger partial charge in [0, 0.05) is 17.1 Å². The van der Waals surface area contributed by atoms with Crippen LogP contribution in [0.15, 0.2) is 48.7 Å². The molecule has 2 atom stereocenters. The third-order valence-electron chi connectivity index (χ3n) is 5.00. The van der Waals surface area contributed by atoms with E-state index in [-0.39, 0.29) is 22.9 Å². The number of thiocarbonyl (C=S) groups is 1. The first kappa shape index (κ1) is 20.9. The number of amides is 1. The summed E-state index contributed by atoms with van der Waals surface area (Å²) in [7, 11) is 0. The summed E-state index contributed by atoms with van der Waals surface area (Å²) in [4.78, 5) is 12.6. The Labute approximate surface area is 181 Å². The number of carbonyl (C=O) groups excluding carboxylic acids is 1. The van der Waals surface area contributed by atoms with Gasteiger partial charge in [-0.15, -0.1) is 0 Å². The highest BCUT2D eigenvalue weighted by molar-refractivity contribution is 7.80. The second kappa shape index (κ2) is 8.06. The molecule has 0 unspecified atom stereocenters. The van der Waals surface area contributed by atoms with E-state index in [1.807, 2.05) is 42.5 Å². The van der Waals surface area contributed by atoms with Gasteiger partial charge in [-0.2, -0.15) is 18.3 Å². The summed E-state index contributed by atoms with van der Waals surface area (Å²) < 4.78 is 40.9. The summed E-state index contributed by atoms with van der Waals surface area (Å²) in [5.74, 6) is -0.640. The van der Waals surface area contributed by atoms with Crippen molar-refractivity contribution in [3.8, 4) is 0 Å². The Morgan fingerprint density at radius 2 is 1.94 bits per heavy atom. The first-order chi connectivity index (χ1) is 14.7. The molecular formula is C20H19F3N6OS. The maximum atomic E-state index is 13.3. The van der Waals surface area contributed by atoms with E-state index in [1.54, 1.807) is 6.92 Å². The number of halogens is 3. The fourth-order valence-corrected chi connectivity index (χ4v) is 3.74. The van der Waals surface area contributed by atoms with Crippen LogP contribution in [0.3, 0.4) is 0 Å². The molecule has 2 heterocycles. The van der Waals surface area contributed by atoms with E-state index in [0.717, 1.165) is 27.3 Å². The largest absolute Gasteiger partial charge is 0.410 e. The van der Waals surface area contributed by atoms with Crippen molar-refractivity contribution in [2.45, 2.75) is 31.6 Å². The summed E-state index contributed by atoms with van der Waals surface area (Å²) in [6.45, 7) is 1.62. The molecule has 0 spiro atoms. The van der Waals surface area contributed by atoms with E-state index in [0.29, 0.717) is 0 Å². The number of rotatable bonds is 2. The van der Waals surface area contributed by atoms with E-state index in [4.69, 9.17) is 12.2 Å². The first-order valence-corrected chi connectivity index (χ1v) is 9.90. The number of benzene rings is 2. The number of nitrogens with one attached hydrogen (secondary N) is 4. The van der Waals surface area contributed by atoms with Gasteiger partial charge < -0.3 is 10.6 Å². The monoisotopic (exact) mass is 448 g/mol. The Morgan fingerprint density at radius 1 is 1.19 bits per heavy atom. The number of anilines is 2. The van der Waals surface area contributed by atoms with Crippen molar-refractivity contribution in [2.75, 3.05) is 10.6 Å². The Hall–Kier alpha value is -3.34. The minimum atomic E-state index is -4.47. The number of hydrogen-bond donors (Lipinski definition) is 4. The summed E-state index contributed by atoms with van der Waals surface area (Å²) >= 11 is 5.23. The van der Waals surface area contributed by atoms with Crippen LogP contribution in [0, 0.1) is 0 Å². The average molecular weight is 448 g/mol. The van der Waals surface area contributed by atoms with E-state index in [9.17, 15) is 18.0 Å². The first-order valence-electron chi connectivity index (χ1n) is 9.50. The molecule has 0 saturated carbocycles. The van der Waals surface area contributed by atoms with Crippen molar-refractivity contribution >= 4 is 45.5 Å². The molecule has 1 amide bonds. The van der Waals surface area contributed by atoms with Crippen molar-refractivity contribution in [1.82, 2.24) is 20.6 Å². The molecule has 0 fully saturated rings. The second-order valence-electron chi connectivity index (χ2n) is 7.25. The van der Waals surface area contributed by atoms with Gasteiger partial charge in [0.2, 0.25) is 0 Å². The molecule has 0 saturated heterocycles. The molecule has 1 aromatic heterocycles. The lowest BCUT2D eigenvalue weighted by atomic mass is 10.1. The van der Waals surface area contributed by atoms with Crippen molar-refractivity contribution in [3.63, 3.8) is 0 Å². The summed E-state index contributed by atoms with van der Waals surface area (Å²) in [6, 6.07) is 11.1. The average Bonchev–Trinajstić information content (AvgIpc) is 3.14. The van der Waals surface area contributed by atoms with Crippen LogP contribution in [-0.2, 0) is 0 Å².